The SMILES string of the molecule is COC(=O)CSc1nc2c(c(Nc3ccc(C4CC4)c4ccccc34)n1)COC2. The summed E-state index contributed by atoms with van der Waals surface area (Å²) in [6.45, 7) is 0.942. The zero-order valence-corrected chi connectivity index (χ0v) is 16.9. The van der Waals surface area contributed by atoms with E-state index in [1.165, 1.54) is 48.0 Å². The van der Waals surface area contributed by atoms with Gasteiger partial charge in [0.2, 0.25) is 0 Å². The average Bonchev–Trinajstić information content (AvgIpc) is 3.48. The Morgan fingerprint density at radius 3 is 2.79 bits per heavy atom. The second-order valence-electron chi connectivity index (χ2n) is 7.28. The summed E-state index contributed by atoms with van der Waals surface area (Å²) in [7, 11) is 1.38. The molecule has 2 aliphatic rings. The topological polar surface area (TPSA) is 73.3 Å². The number of esters is 1. The van der Waals surface area contributed by atoms with E-state index in [4.69, 9.17) is 9.47 Å². The lowest BCUT2D eigenvalue weighted by Crippen LogP contribution is -2.07. The lowest BCUT2D eigenvalue weighted by atomic mass is 9.99. The second-order valence-corrected chi connectivity index (χ2v) is 8.23. The predicted molar refractivity (Wildman–Crippen MR) is 112 cm³/mol. The summed E-state index contributed by atoms with van der Waals surface area (Å²) in [4.78, 5) is 20.7. The van der Waals surface area contributed by atoms with Crippen LogP contribution in [-0.4, -0.2) is 28.8 Å². The van der Waals surface area contributed by atoms with Crippen LogP contribution in [0.15, 0.2) is 41.6 Å². The van der Waals surface area contributed by atoms with E-state index >= 15 is 0 Å². The second kappa shape index (κ2) is 7.65. The largest absolute Gasteiger partial charge is 0.468 e. The van der Waals surface area contributed by atoms with Crippen LogP contribution in [0.25, 0.3) is 10.8 Å². The van der Waals surface area contributed by atoms with Crippen molar-refractivity contribution >= 4 is 40.0 Å². The van der Waals surface area contributed by atoms with E-state index in [2.05, 4.69) is 51.7 Å². The molecule has 2 aromatic carbocycles. The van der Waals surface area contributed by atoms with Gasteiger partial charge in [-0.3, -0.25) is 4.79 Å². The number of hydrogen-bond donors (Lipinski definition) is 1. The van der Waals surface area contributed by atoms with Crippen LogP contribution in [0, 0.1) is 0 Å². The van der Waals surface area contributed by atoms with Crippen LogP contribution in [0.5, 0.6) is 0 Å². The van der Waals surface area contributed by atoms with E-state index in [-0.39, 0.29) is 11.7 Å². The Hall–Kier alpha value is -2.64. The fraction of sp³-hybridized carbons (Fsp3) is 0.318. The summed E-state index contributed by atoms with van der Waals surface area (Å²) >= 11 is 1.27. The molecule has 1 saturated carbocycles. The molecule has 0 radical (unpaired) electrons. The highest BCUT2D eigenvalue weighted by molar-refractivity contribution is 7.99. The zero-order chi connectivity index (χ0) is 19.8. The number of benzene rings is 2. The van der Waals surface area contributed by atoms with Gasteiger partial charge in [-0.05, 0) is 35.8 Å². The average molecular weight is 407 g/mol. The Morgan fingerprint density at radius 1 is 1.17 bits per heavy atom. The van der Waals surface area contributed by atoms with Gasteiger partial charge >= 0.3 is 5.97 Å². The fourth-order valence-corrected chi connectivity index (χ4v) is 4.38. The van der Waals surface area contributed by atoms with Gasteiger partial charge in [0.1, 0.15) is 5.82 Å². The predicted octanol–water partition coefficient (Wildman–Crippen LogP) is 4.55. The zero-order valence-electron chi connectivity index (χ0n) is 16.1. The molecule has 2 heterocycles. The maximum absolute atomic E-state index is 11.5. The van der Waals surface area contributed by atoms with E-state index < -0.39 is 0 Å². The van der Waals surface area contributed by atoms with Gasteiger partial charge < -0.3 is 14.8 Å². The maximum Gasteiger partial charge on any atom is 0.316 e. The molecule has 0 amide bonds. The van der Waals surface area contributed by atoms with Gasteiger partial charge in [-0.15, -0.1) is 0 Å². The molecule has 1 aliphatic heterocycles. The number of thioether (sulfide) groups is 1. The number of ether oxygens (including phenoxy) is 2. The Labute approximate surface area is 173 Å². The van der Waals surface area contributed by atoms with Crippen LogP contribution in [0.3, 0.4) is 0 Å². The molecule has 0 bridgehead atoms. The molecule has 6 nitrogen and oxygen atoms in total. The Morgan fingerprint density at radius 2 is 2.00 bits per heavy atom. The summed E-state index contributed by atoms with van der Waals surface area (Å²) in [5, 5.41) is 6.54. The Balaban J connectivity index is 1.51. The Bertz CT molecular complexity index is 1100. The summed E-state index contributed by atoms with van der Waals surface area (Å²) in [6, 6.07) is 12.9. The van der Waals surface area contributed by atoms with E-state index in [0.717, 1.165) is 22.8 Å². The first-order valence-electron chi connectivity index (χ1n) is 9.68. The molecule has 29 heavy (non-hydrogen) atoms. The van der Waals surface area contributed by atoms with Crippen molar-refractivity contribution in [1.29, 1.82) is 0 Å². The van der Waals surface area contributed by atoms with Gasteiger partial charge in [-0.25, -0.2) is 9.97 Å². The van der Waals surface area contributed by atoms with E-state index in [0.29, 0.717) is 24.3 Å². The number of aromatic nitrogens is 2. The number of carbonyl (C=O) groups excluding carboxylic acids is 1. The molecule has 1 aliphatic carbocycles. The number of rotatable bonds is 6. The molecule has 1 N–H and O–H groups in total. The molecule has 7 heteroatoms. The number of hydrogen-bond acceptors (Lipinski definition) is 7. The van der Waals surface area contributed by atoms with Crippen molar-refractivity contribution in [2.75, 3.05) is 18.2 Å². The van der Waals surface area contributed by atoms with Crippen molar-refractivity contribution in [3.63, 3.8) is 0 Å². The lowest BCUT2D eigenvalue weighted by Gasteiger charge is -2.15. The van der Waals surface area contributed by atoms with E-state index in [1.54, 1.807) is 0 Å². The van der Waals surface area contributed by atoms with Crippen LogP contribution in [0.2, 0.25) is 0 Å². The van der Waals surface area contributed by atoms with Gasteiger partial charge in [0.05, 0.1) is 31.8 Å². The smallest absolute Gasteiger partial charge is 0.316 e. The standard InChI is InChI=1S/C22H21N3O3S/c1-27-20(26)12-29-22-24-19-11-28-10-17(19)21(25-22)23-18-9-8-14(13-6-7-13)15-4-2-3-5-16(15)18/h2-5,8-9,13H,6-7,10-12H2,1H3,(H,23,24,25). The Kier molecular flexibility index (Phi) is 4.85. The third-order valence-electron chi connectivity index (χ3n) is 5.33. The molecule has 3 aromatic rings. The van der Waals surface area contributed by atoms with Gasteiger partial charge in [0.15, 0.2) is 5.16 Å². The van der Waals surface area contributed by atoms with E-state index in [9.17, 15) is 4.79 Å². The molecule has 0 unspecified atom stereocenters. The minimum atomic E-state index is -0.300. The molecule has 0 saturated heterocycles. The highest BCUT2D eigenvalue weighted by atomic mass is 32.2. The number of anilines is 2. The molecular formula is C22H21N3O3S. The highest BCUT2D eigenvalue weighted by Crippen LogP contribution is 2.44. The van der Waals surface area contributed by atoms with Crippen molar-refractivity contribution in [3.05, 3.63) is 53.2 Å². The van der Waals surface area contributed by atoms with Crippen LogP contribution in [0.1, 0.15) is 35.6 Å². The highest BCUT2D eigenvalue weighted by Gasteiger charge is 2.26. The molecule has 0 atom stereocenters. The minimum Gasteiger partial charge on any atom is -0.468 e. The fourth-order valence-electron chi connectivity index (χ4n) is 3.69. The van der Waals surface area contributed by atoms with Crippen molar-refractivity contribution in [2.24, 2.45) is 0 Å². The quantitative estimate of drug-likeness (QED) is 0.365. The number of nitrogens with one attached hydrogen (secondary N) is 1. The van der Waals surface area contributed by atoms with Crippen molar-refractivity contribution < 1.29 is 14.3 Å². The first-order chi connectivity index (χ1) is 14.2. The third kappa shape index (κ3) is 3.68. The van der Waals surface area contributed by atoms with Crippen LogP contribution >= 0.6 is 11.8 Å². The van der Waals surface area contributed by atoms with Crippen LogP contribution in [0.4, 0.5) is 11.5 Å². The summed E-state index contributed by atoms with van der Waals surface area (Å²) < 4.78 is 10.3. The summed E-state index contributed by atoms with van der Waals surface area (Å²) in [5.74, 6) is 1.30. The summed E-state index contributed by atoms with van der Waals surface area (Å²) in [6.07, 6.45) is 2.54. The van der Waals surface area contributed by atoms with Crippen LogP contribution in [-0.2, 0) is 27.5 Å². The minimum absolute atomic E-state index is 0.175. The number of methoxy groups -OCH3 is 1. The van der Waals surface area contributed by atoms with Gasteiger partial charge in [0, 0.05) is 16.6 Å². The van der Waals surface area contributed by atoms with Gasteiger partial charge in [-0.2, -0.15) is 0 Å². The first-order valence-corrected chi connectivity index (χ1v) is 10.7. The molecule has 0 spiro atoms. The van der Waals surface area contributed by atoms with Crippen molar-refractivity contribution in [3.8, 4) is 0 Å². The third-order valence-corrected chi connectivity index (χ3v) is 6.15. The molecule has 148 valence electrons. The molecule has 1 aromatic heterocycles. The molecule has 1 fully saturated rings. The molecular weight excluding hydrogens is 386 g/mol. The van der Waals surface area contributed by atoms with Crippen molar-refractivity contribution in [2.45, 2.75) is 37.1 Å². The molecule has 5 rings (SSSR count). The normalized spacial score (nSPS) is 15.3. The monoisotopic (exact) mass is 407 g/mol. The first kappa shape index (κ1) is 18.4. The number of fused-ring (bicyclic) bond motifs is 2. The lowest BCUT2D eigenvalue weighted by molar-refractivity contribution is -0.137. The van der Waals surface area contributed by atoms with Crippen molar-refractivity contribution in [1.82, 2.24) is 9.97 Å². The van der Waals surface area contributed by atoms with Gasteiger partial charge in [0.25, 0.3) is 0 Å². The summed E-state index contributed by atoms with van der Waals surface area (Å²) in [5.41, 5.74) is 4.29. The maximum atomic E-state index is 11.5. The van der Waals surface area contributed by atoms with Crippen LogP contribution < -0.4 is 5.32 Å². The van der Waals surface area contributed by atoms with Gasteiger partial charge in [-0.1, -0.05) is 42.1 Å². The number of nitrogens with zero attached hydrogens (tertiary/aromatic N) is 2. The number of carbonyl (C=O) groups is 1. The van der Waals surface area contributed by atoms with E-state index in [1.807, 2.05) is 0 Å².